The highest BCUT2D eigenvalue weighted by molar-refractivity contribution is 5.22. The van der Waals surface area contributed by atoms with E-state index in [1.165, 1.54) is 11.1 Å². The van der Waals surface area contributed by atoms with Gasteiger partial charge in [0.2, 0.25) is 0 Å². The molecular weight excluding hydrogens is 212 g/mol. The largest absolute Gasteiger partial charge is 0.385 e. The number of hydrogen-bond donors (Lipinski definition) is 2. The summed E-state index contributed by atoms with van der Waals surface area (Å²) in [4.78, 5) is 0. The lowest BCUT2D eigenvalue weighted by Crippen LogP contribution is -2.41. The van der Waals surface area contributed by atoms with Gasteiger partial charge in [-0.25, -0.2) is 0 Å². The third-order valence-corrected chi connectivity index (χ3v) is 3.25. The second kappa shape index (κ2) is 7.43. The molecule has 0 fully saturated rings. The third-order valence-electron chi connectivity index (χ3n) is 3.25. The van der Waals surface area contributed by atoms with Crippen molar-refractivity contribution in [2.45, 2.75) is 32.7 Å². The Bertz CT molecular complexity index is 311. The van der Waals surface area contributed by atoms with Crippen LogP contribution in [-0.4, -0.2) is 19.8 Å². The number of benzene rings is 1. The third kappa shape index (κ3) is 4.86. The summed E-state index contributed by atoms with van der Waals surface area (Å²) in [7, 11) is 1.73. The lowest BCUT2D eigenvalue weighted by Gasteiger charge is -2.23. The van der Waals surface area contributed by atoms with Gasteiger partial charge in [0.15, 0.2) is 0 Å². The Hall–Kier alpha value is -0.900. The SMILES string of the molecule is COCCC(C)C(Cc1ccc(C)cc1)NN. The van der Waals surface area contributed by atoms with Crippen LogP contribution in [0.3, 0.4) is 0 Å². The van der Waals surface area contributed by atoms with Crippen molar-refractivity contribution in [3.8, 4) is 0 Å². The average molecular weight is 236 g/mol. The smallest absolute Gasteiger partial charge is 0.0465 e. The molecule has 0 spiro atoms. The minimum atomic E-state index is 0.299. The molecule has 3 N–H and O–H groups in total. The van der Waals surface area contributed by atoms with Crippen molar-refractivity contribution < 1.29 is 4.74 Å². The van der Waals surface area contributed by atoms with Crippen LogP contribution in [0.15, 0.2) is 24.3 Å². The molecule has 3 nitrogen and oxygen atoms in total. The minimum absolute atomic E-state index is 0.299. The van der Waals surface area contributed by atoms with Gasteiger partial charge in [-0.1, -0.05) is 36.8 Å². The van der Waals surface area contributed by atoms with Gasteiger partial charge in [-0.05, 0) is 31.2 Å². The van der Waals surface area contributed by atoms with Crippen molar-refractivity contribution in [3.05, 3.63) is 35.4 Å². The van der Waals surface area contributed by atoms with Gasteiger partial charge in [-0.15, -0.1) is 0 Å². The quantitative estimate of drug-likeness (QED) is 0.562. The number of hydrazine groups is 1. The maximum Gasteiger partial charge on any atom is 0.0465 e. The van der Waals surface area contributed by atoms with E-state index in [4.69, 9.17) is 10.6 Å². The Morgan fingerprint density at radius 2 is 1.94 bits per heavy atom. The first kappa shape index (κ1) is 14.2. The summed E-state index contributed by atoms with van der Waals surface area (Å²) in [6.45, 7) is 5.09. The second-order valence-corrected chi connectivity index (χ2v) is 4.72. The fraction of sp³-hybridized carbons (Fsp3) is 0.571. The zero-order chi connectivity index (χ0) is 12.7. The van der Waals surface area contributed by atoms with Gasteiger partial charge in [0, 0.05) is 19.8 Å². The van der Waals surface area contributed by atoms with Crippen LogP contribution >= 0.6 is 0 Å². The van der Waals surface area contributed by atoms with Crippen LogP contribution in [0, 0.1) is 12.8 Å². The van der Waals surface area contributed by atoms with Crippen molar-refractivity contribution in [2.24, 2.45) is 11.8 Å². The van der Waals surface area contributed by atoms with Crippen LogP contribution in [0.4, 0.5) is 0 Å². The van der Waals surface area contributed by atoms with Gasteiger partial charge < -0.3 is 4.74 Å². The van der Waals surface area contributed by atoms with Crippen molar-refractivity contribution >= 4 is 0 Å². The summed E-state index contributed by atoms with van der Waals surface area (Å²) in [5.41, 5.74) is 5.53. The fourth-order valence-corrected chi connectivity index (χ4v) is 1.91. The summed E-state index contributed by atoms with van der Waals surface area (Å²) in [6.07, 6.45) is 1.99. The van der Waals surface area contributed by atoms with E-state index in [1.807, 2.05) is 0 Å². The van der Waals surface area contributed by atoms with Gasteiger partial charge in [0.1, 0.15) is 0 Å². The molecule has 1 aromatic carbocycles. The molecule has 0 saturated carbocycles. The van der Waals surface area contributed by atoms with Crippen molar-refractivity contribution in [2.75, 3.05) is 13.7 Å². The minimum Gasteiger partial charge on any atom is -0.385 e. The predicted octanol–water partition coefficient (Wildman–Crippen LogP) is 2.04. The molecule has 0 aliphatic carbocycles. The molecule has 0 aromatic heterocycles. The van der Waals surface area contributed by atoms with Crippen LogP contribution in [0.25, 0.3) is 0 Å². The number of ether oxygens (including phenoxy) is 1. The maximum absolute atomic E-state index is 5.63. The van der Waals surface area contributed by atoms with Crippen molar-refractivity contribution in [1.82, 2.24) is 5.43 Å². The summed E-state index contributed by atoms with van der Waals surface area (Å²) >= 11 is 0. The zero-order valence-electron chi connectivity index (χ0n) is 11.1. The van der Waals surface area contributed by atoms with E-state index in [0.717, 1.165) is 19.4 Å². The van der Waals surface area contributed by atoms with E-state index >= 15 is 0 Å². The molecule has 0 saturated heterocycles. The molecule has 0 aliphatic heterocycles. The number of rotatable bonds is 7. The Morgan fingerprint density at radius 3 is 2.47 bits per heavy atom. The summed E-state index contributed by atoms with van der Waals surface area (Å²) in [5.74, 6) is 6.13. The maximum atomic E-state index is 5.63. The first-order valence-corrected chi connectivity index (χ1v) is 6.18. The van der Waals surface area contributed by atoms with E-state index in [1.54, 1.807) is 7.11 Å². The number of hydrogen-bond acceptors (Lipinski definition) is 3. The van der Waals surface area contributed by atoms with Gasteiger partial charge >= 0.3 is 0 Å². The Kier molecular flexibility index (Phi) is 6.19. The lowest BCUT2D eigenvalue weighted by molar-refractivity contribution is 0.170. The summed E-state index contributed by atoms with van der Waals surface area (Å²) in [5, 5.41) is 0. The first-order valence-electron chi connectivity index (χ1n) is 6.18. The molecule has 0 heterocycles. The van der Waals surface area contributed by atoms with Crippen LogP contribution in [0.2, 0.25) is 0 Å². The summed E-state index contributed by atoms with van der Waals surface area (Å²) in [6, 6.07) is 8.92. The molecule has 96 valence electrons. The highest BCUT2D eigenvalue weighted by atomic mass is 16.5. The number of methoxy groups -OCH3 is 1. The topological polar surface area (TPSA) is 47.3 Å². The first-order chi connectivity index (χ1) is 8.17. The van der Waals surface area contributed by atoms with Gasteiger partial charge in [0.25, 0.3) is 0 Å². The lowest BCUT2D eigenvalue weighted by atomic mass is 9.93. The molecule has 17 heavy (non-hydrogen) atoms. The molecule has 2 atom stereocenters. The molecule has 0 bridgehead atoms. The number of aryl methyl sites for hydroxylation is 1. The molecule has 1 rings (SSSR count). The van der Waals surface area contributed by atoms with E-state index < -0.39 is 0 Å². The zero-order valence-corrected chi connectivity index (χ0v) is 11.1. The molecule has 0 aliphatic rings. The van der Waals surface area contributed by atoms with Crippen LogP contribution < -0.4 is 11.3 Å². The molecule has 0 amide bonds. The van der Waals surface area contributed by atoms with Crippen molar-refractivity contribution in [3.63, 3.8) is 0 Å². The van der Waals surface area contributed by atoms with Crippen molar-refractivity contribution in [1.29, 1.82) is 0 Å². The van der Waals surface area contributed by atoms with Gasteiger partial charge in [-0.3, -0.25) is 11.3 Å². The average Bonchev–Trinajstić information content (AvgIpc) is 2.35. The Labute approximate surface area is 104 Å². The van der Waals surface area contributed by atoms with Crippen LogP contribution in [0.1, 0.15) is 24.5 Å². The Balaban J connectivity index is 2.53. The molecule has 1 aromatic rings. The summed E-state index contributed by atoms with van der Waals surface area (Å²) < 4.78 is 5.10. The van der Waals surface area contributed by atoms with Crippen LogP contribution in [-0.2, 0) is 11.2 Å². The molecule has 3 heteroatoms. The predicted molar refractivity (Wildman–Crippen MR) is 71.7 cm³/mol. The molecule has 2 unspecified atom stereocenters. The van der Waals surface area contributed by atoms with E-state index in [-0.39, 0.29) is 0 Å². The highest BCUT2D eigenvalue weighted by Gasteiger charge is 2.15. The van der Waals surface area contributed by atoms with Gasteiger partial charge in [-0.2, -0.15) is 0 Å². The van der Waals surface area contributed by atoms with E-state index in [0.29, 0.717) is 12.0 Å². The molecule has 0 radical (unpaired) electrons. The Morgan fingerprint density at radius 1 is 1.29 bits per heavy atom. The standard InChI is InChI=1S/C14H24N2O/c1-11-4-6-13(7-5-11)10-14(16-15)12(2)8-9-17-3/h4-7,12,14,16H,8-10,15H2,1-3H3. The fourth-order valence-electron chi connectivity index (χ4n) is 1.91. The molecular formula is C14H24N2O. The monoisotopic (exact) mass is 236 g/mol. The van der Waals surface area contributed by atoms with E-state index in [2.05, 4.69) is 43.5 Å². The second-order valence-electron chi connectivity index (χ2n) is 4.72. The number of nitrogens with two attached hydrogens (primary N) is 1. The number of nitrogens with one attached hydrogen (secondary N) is 1. The highest BCUT2D eigenvalue weighted by Crippen LogP contribution is 2.14. The normalized spacial score (nSPS) is 14.6. The van der Waals surface area contributed by atoms with Gasteiger partial charge in [0.05, 0.1) is 0 Å². The van der Waals surface area contributed by atoms with E-state index in [9.17, 15) is 0 Å². The van der Waals surface area contributed by atoms with Crippen LogP contribution in [0.5, 0.6) is 0 Å².